The average Bonchev–Trinajstić information content (AvgIpc) is 2.77. The molecule has 0 atom stereocenters. The van der Waals surface area contributed by atoms with Crippen molar-refractivity contribution in [3.8, 4) is 0 Å². The van der Waals surface area contributed by atoms with Crippen LogP contribution in [0, 0.1) is 6.92 Å². The molecule has 1 aromatic rings. The van der Waals surface area contributed by atoms with Gasteiger partial charge in [0.1, 0.15) is 6.73 Å². The highest BCUT2D eigenvalue weighted by Gasteiger charge is 2.19. The van der Waals surface area contributed by atoms with E-state index in [0.717, 1.165) is 6.04 Å². The Hall–Kier alpha value is -1.93. The van der Waals surface area contributed by atoms with E-state index in [1.807, 2.05) is 0 Å². The van der Waals surface area contributed by atoms with E-state index in [1.165, 1.54) is 23.9 Å². The number of carbonyl (C=O) groups is 2. The van der Waals surface area contributed by atoms with Gasteiger partial charge in [0.25, 0.3) is 0 Å². The number of carbonyl (C=O) groups excluding carboxylic acids is 1. The fourth-order valence-corrected chi connectivity index (χ4v) is 2.55. The summed E-state index contributed by atoms with van der Waals surface area (Å²) in [6.07, 6.45) is 2.57. The Morgan fingerprint density at radius 2 is 2.00 bits per heavy atom. The first kappa shape index (κ1) is 19.1. The van der Waals surface area contributed by atoms with Crippen molar-refractivity contribution in [3.05, 3.63) is 23.0 Å². The summed E-state index contributed by atoms with van der Waals surface area (Å²) in [5, 5.41) is 13.3. The normalized spacial score (nSPS) is 11.9. The van der Waals surface area contributed by atoms with Gasteiger partial charge in [-0.1, -0.05) is 19.6 Å². The number of rotatable bonds is 8. The summed E-state index contributed by atoms with van der Waals surface area (Å²) in [5.41, 5.74) is 0.878. The summed E-state index contributed by atoms with van der Waals surface area (Å²) < 4.78 is 11.6. The van der Waals surface area contributed by atoms with Crippen LogP contribution in [0.3, 0.4) is 0 Å². The quantitative estimate of drug-likeness (QED) is 0.338. The van der Waals surface area contributed by atoms with Gasteiger partial charge >= 0.3 is 11.9 Å². The average molecular weight is 340 g/mol. The number of aromatic carboxylic acids is 1. The predicted octanol–water partition coefficient (Wildman–Crippen LogP) is 2.39. The van der Waals surface area contributed by atoms with Crippen LogP contribution in [-0.2, 0) is 21.0 Å². The fraction of sp³-hybridized carbons (Fsp3) is 0.533. The first-order chi connectivity index (χ1) is 10.7. The molecular formula is C15H24N2O5Si. The van der Waals surface area contributed by atoms with Crippen molar-refractivity contribution >= 4 is 26.1 Å². The minimum atomic E-state index is -1.17. The van der Waals surface area contributed by atoms with Crippen molar-refractivity contribution in [1.82, 2.24) is 9.78 Å². The minimum absolute atomic E-state index is 0.114. The molecule has 23 heavy (non-hydrogen) atoms. The number of carboxylic acid groups (broad SMARTS) is 1. The zero-order chi connectivity index (χ0) is 17.6. The molecule has 8 heteroatoms. The van der Waals surface area contributed by atoms with Gasteiger partial charge in [0.05, 0.1) is 7.11 Å². The molecule has 0 aliphatic heterocycles. The first-order valence-corrected chi connectivity index (χ1v) is 11.0. The van der Waals surface area contributed by atoms with E-state index in [-0.39, 0.29) is 12.4 Å². The maximum absolute atomic E-state index is 11.3. The van der Waals surface area contributed by atoms with Gasteiger partial charge in [-0.25, -0.2) is 14.3 Å². The summed E-state index contributed by atoms with van der Waals surface area (Å²) in [7, 11) is 0.0839. The molecule has 0 radical (unpaired) electrons. The monoisotopic (exact) mass is 340 g/mol. The van der Waals surface area contributed by atoms with Gasteiger partial charge in [0.15, 0.2) is 5.69 Å². The molecule has 0 fully saturated rings. The molecule has 1 rings (SSSR count). The summed E-state index contributed by atoms with van der Waals surface area (Å²) in [6, 6.07) is 1.02. The van der Waals surface area contributed by atoms with Gasteiger partial charge in [-0.3, -0.25) is 0 Å². The summed E-state index contributed by atoms with van der Waals surface area (Å²) in [4.78, 5) is 22.5. The van der Waals surface area contributed by atoms with E-state index in [2.05, 4.69) is 29.5 Å². The lowest BCUT2D eigenvalue weighted by molar-refractivity contribution is -0.134. The van der Waals surface area contributed by atoms with E-state index >= 15 is 0 Å². The summed E-state index contributed by atoms with van der Waals surface area (Å²) in [6.45, 7) is 9.31. The van der Waals surface area contributed by atoms with Crippen LogP contribution in [0.1, 0.15) is 21.7 Å². The molecule has 0 aliphatic rings. The molecule has 0 aliphatic carbocycles. The summed E-state index contributed by atoms with van der Waals surface area (Å²) >= 11 is 0. The van der Waals surface area contributed by atoms with Gasteiger partial charge in [0.2, 0.25) is 0 Å². The molecule has 1 heterocycles. The lowest BCUT2D eigenvalue weighted by Crippen LogP contribution is -2.22. The van der Waals surface area contributed by atoms with Crippen molar-refractivity contribution in [2.75, 3.05) is 13.7 Å². The van der Waals surface area contributed by atoms with Crippen LogP contribution in [0.2, 0.25) is 25.7 Å². The third kappa shape index (κ3) is 5.99. The van der Waals surface area contributed by atoms with Crippen molar-refractivity contribution in [2.45, 2.75) is 39.3 Å². The van der Waals surface area contributed by atoms with Crippen LogP contribution in [0.15, 0.2) is 6.08 Å². The number of hydrogen-bond donors (Lipinski definition) is 1. The second-order valence-electron chi connectivity index (χ2n) is 6.36. The SMILES string of the molecule is COC(=O)/C=C/c1c(C(=O)O)nn(COCC[Si](C)(C)C)c1C. The zero-order valence-electron chi connectivity index (χ0n) is 14.3. The van der Waals surface area contributed by atoms with Gasteiger partial charge in [-0.2, -0.15) is 5.10 Å². The number of methoxy groups -OCH3 is 1. The van der Waals surface area contributed by atoms with Crippen LogP contribution < -0.4 is 0 Å². The van der Waals surface area contributed by atoms with Crippen LogP contribution in [0.25, 0.3) is 6.08 Å². The van der Waals surface area contributed by atoms with Crippen molar-refractivity contribution in [1.29, 1.82) is 0 Å². The third-order valence-corrected chi connectivity index (χ3v) is 4.96. The third-order valence-electron chi connectivity index (χ3n) is 3.25. The lowest BCUT2D eigenvalue weighted by atomic mass is 10.1. The Morgan fingerprint density at radius 3 is 2.52 bits per heavy atom. The predicted molar refractivity (Wildman–Crippen MR) is 89.1 cm³/mol. The largest absolute Gasteiger partial charge is 0.476 e. The van der Waals surface area contributed by atoms with Gasteiger partial charge in [-0.05, 0) is 19.0 Å². The highest BCUT2D eigenvalue weighted by molar-refractivity contribution is 6.76. The smallest absolute Gasteiger partial charge is 0.357 e. The van der Waals surface area contributed by atoms with Crippen LogP contribution >= 0.6 is 0 Å². The van der Waals surface area contributed by atoms with Gasteiger partial charge < -0.3 is 14.6 Å². The van der Waals surface area contributed by atoms with E-state index in [4.69, 9.17) is 4.74 Å². The number of nitrogens with zero attached hydrogens (tertiary/aromatic N) is 2. The van der Waals surface area contributed by atoms with Crippen molar-refractivity contribution in [2.24, 2.45) is 0 Å². The Labute approximate surface area is 136 Å². The van der Waals surface area contributed by atoms with Crippen LogP contribution in [0.5, 0.6) is 0 Å². The summed E-state index contributed by atoms with van der Waals surface area (Å²) in [5.74, 6) is -1.71. The van der Waals surface area contributed by atoms with Crippen LogP contribution in [0.4, 0.5) is 0 Å². The number of ether oxygens (including phenoxy) is 2. The molecule has 0 spiro atoms. The number of esters is 1. The second kappa shape index (κ2) is 8.07. The second-order valence-corrected chi connectivity index (χ2v) is 12.0. The van der Waals surface area contributed by atoms with E-state index in [9.17, 15) is 14.7 Å². The highest BCUT2D eigenvalue weighted by atomic mass is 28.3. The van der Waals surface area contributed by atoms with Crippen LogP contribution in [-0.4, -0.2) is 48.6 Å². The Kier molecular flexibility index (Phi) is 6.71. The number of hydrogen-bond acceptors (Lipinski definition) is 5. The molecule has 128 valence electrons. The van der Waals surface area contributed by atoms with Gasteiger partial charge in [-0.15, -0.1) is 0 Å². The molecule has 0 saturated carbocycles. The molecule has 0 aromatic carbocycles. The Bertz CT molecular complexity index is 602. The zero-order valence-corrected chi connectivity index (χ0v) is 15.3. The lowest BCUT2D eigenvalue weighted by Gasteiger charge is -2.15. The van der Waals surface area contributed by atoms with Gasteiger partial charge in [0, 0.05) is 32.0 Å². The number of aromatic nitrogens is 2. The molecule has 0 amide bonds. The molecule has 0 unspecified atom stereocenters. The molecule has 1 aromatic heterocycles. The van der Waals surface area contributed by atoms with E-state index in [1.54, 1.807) is 6.92 Å². The van der Waals surface area contributed by atoms with E-state index < -0.39 is 20.0 Å². The molecular weight excluding hydrogens is 316 g/mol. The maximum Gasteiger partial charge on any atom is 0.357 e. The molecule has 0 saturated heterocycles. The van der Waals surface area contributed by atoms with Crippen molar-refractivity contribution < 1.29 is 24.2 Å². The Morgan fingerprint density at radius 1 is 1.35 bits per heavy atom. The maximum atomic E-state index is 11.3. The topological polar surface area (TPSA) is 90.7 Å². The fourth-order valence-electron chi connectivity index (χ4n) is 1.79. The standard InChI is InChI=1S/C15H24N2O5Si/c1-11-12(6-7-13(18)21-2)14(15(19)20)16-17(11)10-22-8-9-23(3,4)5/h6-7H,8-10H2,1-5H3,(H,19,20)/b7-6+. The number of carboxylic acids is 1. The minimum Gasteiger partial charge on any atom is -0.476 e. The molecule has 1 N–H and O–H groups in total. The molecule has 7 nitrogen and oxygen atoms in total. The first-order valence-electron chi connectivity index (χ1n) is 7.30. The van der Waals surface area contributed by atoms with E-state index in [0.29, 0.717) is 17.9 Å². The molecule has 0 bridgehead atoms. The van der Waals surface area contributed by atoms with Crippen molar-refractivity contribution in [3.63, 3.8) is 0 Å². The Balaban J connectivity index is 2.87. The highest BCUT2D eigenvalue weighted by Crippen LogP contribution is 2.16.